The molecule has 2 aliphatic rings. The molecule has 8 N–H and O–H groups in total. The van der Waals surface area contributed by atoms with Crippen LogP contribution in [0, 0.1) is 0 Å². The average molecular weight is 692 g/mol. The number of nitrogens with one attached hydrogen (secondary N) is 1. The first-order valence-electron chi connectivity index (χ1n) is 14.1. The van der Waals surface area contributed by atoms with Crippen LogP contribution in [0.25, 0.3) is 16.9 Å². The molecule has 2 saturated heterocycles. The number of hydrogen-bond acceptors (Lipinski definition) is 13. The number of benzene rings is 2. The number of sulfonamides is 1. The normalized spacial score (nSPS) is 32.0. The lowest BCUT2D eigenvalue weighted by Crippen LogP contribution is -2.66. The molecule has 19 heteroatoms. The van der Waals surface area contributed by atoms with Gasteiger partial charge in [-0.3, -0.25) is 0 Å². The highest BCUT2D eigenvalue weighted by Crippen LogP contribution is 2.34. The summed E-state index contributed by atoms with van der Waals surface area (Å²) in [5, 5.41) is 74.7. The molecule has 0 bridgehead atoms. The van der Waals surface area contributed by atoms with Crippen LogP contribution in [0.4, 0.5) is 13.2 Å². The first-order valence-corrected chi connectivity index (χ1v) is 15.6. The van der Waals surface area contributed by atoms with Gasteiger partial charge in [0, 0.05) is 5.56 Å². The van der Waals surface area contributed by atoms with Crippen molar-refractivity contribution >= 4 is 10.0 Å². The van der Waals surface area contributed by atoms with Crippen molar-refractivity contribution in [3.05, 3.63) is 66.4 Å². The van der Waals surface area contributed by atoms with Gasteiger partial charge in [-0.1, -0.05) is 30.3 Å². The summed E-state index contributed by atoms with van der Waals surface area (Å²) in [6, 6.07) is 13.5. The second kappa shape index (κ2) is 13.8. The molecule has 15 nitrogen and oxygen atoms in total. The first-order chi connectivity index (χ1) is 22.2. The van der Waals surface area contributed by atoms with E-state index in [0.29, 0.717) is 5.56 Å². The quantitative estimate of drug-likeness (QED) is 0.127. The van der Waals surface area contributed by atoms with Gasteiger partial charge >= 0.3 is 6.18 Å². The van der Waals surface area contributed by atoms with E-state index in [1.807, 2.05) is 0 Å². The van der Waals surface area contributed by atoms with Gasteiger partial charge in [0.25, 0.3) is 0 Å². The average Bonchev–Trinajstić information content (AvgIpc) is 3.51. The predicted octanol–water partition coefficient (Wildman–Crippen LogP) is -1.54. The van der Waals surface area contributed by atoms with Gasteiger partial charge < -0.3 is 50.0 Å². The van der Waals surface area contributed by atoms with E-state index in [2.05, 4.69) is 9.82 Å². The number of aliphatic hydroxyl groups is 7. The number of rotatable bonds is 9. The number of hydrogen-bond donors (Lipinski definition) is 8. The van der Waals surface area contributed by atoms with Crippen molar-refractivity contribution in [2.45, 2.75) is 72.4 Å². The molecular weight excluding hydrogens is 659 g/mol. The Morgan fingerprint density at radius 1 is 0.830 bits per heavy atom. The van der Waals surface area contributed by atoms with E-state index in [1.165, 1.54) is 12.1 Å². The van der Waals surface area contributed by atoms with Gasteiger partial charge in [-0.2, -0.15) is 23.0 Å². The largest absolute Gasteiger partial charge is 0.435 e. The molecule has 2 fully saturated rings. The molecule has 0 amide bonds. The number of alkyl halides is 3. The lowest BCUT2D eigenvalue weighted by Gasteiger charge is -2.46. The SMILES string of the molecule is O=S(=O)(NC1O[C@H](CO)[C@@H](O[C@@H]2O[C@H](CO)[C@@H](O)[C@H](O)[C@H]2O)[C@H](O)[C@H]1O)c1ccc(-n2nc(C(F)(F)F)cc2-c2ccccc2)cc1. The second-order valence-corrected chi connectivity index (χ2v) is 12.6. The van der Waals surface area contributed by atoms with Crippen LogP contribution in [0.3, 0.4) is 0 Å². The molecule has 1 unspecified atom stereocenters. The molecule has 258 valence electrons. The molecule has 3 heterocycles. The third kappa shape index (κ3) is 7.21. The Kier molecular flexibility index (Phi) is 10.4. The molecule has 10 atom stereocenters. The second-order valence-electron chi connectivity index (χ2n) is 10.9. The molecule has 3 aromatic rings. The fourth-order valence-electron chi connectivity index (χ4n) is 5.21. The van der Waals surface area contributed by atoms with Crippen molar-refractivity contribution in [1.82, 2.24) is 14.5 Å². The highest BCUT2D eigenvalue weighted by Gasteiger charge is 2.51. The number of nitrogens with zero attached hydrogens (tertiary/aromatic N) is 2. The molecular formula is C28H32F3N3O12S. The van der Waals surface area contributed by atoms with Crippen molar-refractivity contribution in [3.63, 3.8) is 0 Å². The van der Waals surface area contributed by atoms with Crippen molar-refractivity contribution in [1.29, 1.82) is 0 Å². The molecule has 0 saturated carbocycles. The molecule has 0 spiro atoms. The Balaban J connectivity index is 1.33. The summed E-state index contributed by atoms with van der Waals surface area (Å²) in [5.41, 5.74) is -0.557. The van der Waals surface area contributed by atoms with Crippen LogP contribution in [-0.4, -0.2) is 129 Å². The first kappa shape index (κ1) is 35.3. The molecule has 2 aliphatic heterocycles. The summed E-state index contributed by atoms with van der Waals surface area (Å²) >= 11 is 0. The highest BCUT2D eigenvalue weighted by molar-refractivity contribution is 7.89. The minimum atomic E-state index is -4.75. The van der Waals surface area contributed by atoms with Crippen LogP contribution in [-0.2, 0) is 30.4 Å². The summed E-state index contributed by atoms with van der Waals surface area (Å²) in [7, 11) is -4.54. The van der Waals surface area contributed by atoms with Crippen LogP contribution in [0.2, 0.25) is 0 Å². The zero-order chi connectivity index (χ0) is 34.3. The van der Waals surface area contributed by atoms with Crippen LogP contribution >= 0.6 is 0 Å². The lowest BCUT2D eigenvalue weighted by molar-refractivity contribution is -0.342. The van der Waals surface area contributed by atoms with Gasteiger partial charge in [0.15, 0.2) is 18.2 Å². The maximum absolute atomic E-state index is 13.5. The Hall–Kier alpha value is -3.05. The maximum Gasteiger partial charge on any atom is 0.435 e. The van der Waals surface area contributed by atoms with E-state index < -0.39 is 101 Å². The van der Waals surface area contributed by atoms with E-state index in [0.717, 1.165) is 22.9 Å². The van der Waals surface area contributed by atoms with Gasteiger partial charge in [0.2, 0.25) is 10.0 Å². The Bertz CT molecular complexity index is 1610. The van der Waals surface area contributed by atoms with Gasteiger partial charge in [-0.15, -0.1) is 0 Å². The summed E-state index contributed by atoms with van der Waals surface area (Å²) in [6.07, 6.45) is -22.4. The minimum absolute atomic E-state index is 0.0925. The van der Waals surface area contributed by atoms with Gasteiger partial charge in [-0.05, 0) is 30.3 Å². The fourth-order valence-corrected chi connectivity index (χ4v) is 6.34. The topological polar surface area (TPSA) is 233 Å². The number of aliphatic hydroxyl groups excluding tert-OH is 7. The number of ether oxygens (including phenoxy) is 3. The van der Waals surface area contributed by atoms with Crippen LogP contribution in [0.1, 0.15) is 5.69 Å². The maximum atomic E-state index is 13.5. The van der Waals surface area contributed by atoms with Crippen molar-refractivity contribution < 1.29 is 71.5 Å². The fraction of sp³-hybridized carbons (Fsp3) is 0.464. The molecule has 5 rings (SSSR count). The smallest absolute Gasteiger partial charge is 0.394 e. The van der Waals surface area contributed by atoms with Crippen LogP contribution in [0.15, 0.2) is 65.6 Å². The third-order valence-corrected chi connectivity index (χ3v) is 9.17. The summed E-state index contributed by atoms with van der Waals surface area (Å²) in [5.74, 6) is 0. The Morgan fingerprint density at radius 2 is 1.47 bits per heavy atom. The summed E-state index contributed by atoms with van der Waals surface area (Å²) in [6.45, 7) is -1.68. The zero-order valence-electron chi connectivity index (χ0n) is 24.1. The Labute approximate surface area is 265 Å². The van der Waals surface area contributed by atoms with Crippen molar-refractivity contribution in [2.75, 3.05) is 13.2 Å². The van der Waals surface area contributed by atoms with Crippen molar-refractivity contribution in [2.24, 2.45) is 0 Å². The highest BCUT2D eigenvalue weighted by atomic mass is 32.2. The monoisotopic (exact) mass is 691 g/mol. The van der Waals surface area contributed by atoms with Gasteiger partial charge in [-0.25, -0.2) is 13.1 Å². The third-order valence-electron chi connectivity index (χ3n) is 7.74. The van der Waals surface area contributed by atoms with E-state index >= 15 is 0 Å². The molecule has 1 aromatic heterocycles. The summed E-state index contributed by atoms with van der Waals surface area (Å²) in [4.78, 5) is -0.406. The minimum Gasteiger partial charge on any atom is -0.394 e. The molecule has 0 aliphatic carbocycles. The summed E-state index contributed by atoms with van der Waals surface area (Å²) < 4.78 is 86.2. The van der Waals surface area contributed by atoms with Crippen LogP contribution < -0.4 is 4.72 Å². The molecule has 47 heavy (non-hydrogen) atoms. The number of aromatic nitrogens is 2. The molecule has 0 radical (unpaired) electrons. The van der Waals surface area contributed by atoms with Crippen LogP contribution in [0.5, 0.6) is 0 Å². The van der Waals surface area contributed by atoms with E-state index in [1.54, 1.807) is 30.3 Å². The number of halogens is 3. The molecule has 2 aromatic carbocycles. The standard InChI is InChI=1S/C28H32F3N3O12S/c29-28(30,31)19-10-16(13-4-2-1-3-5-13)34(32-19)14-6-8-15(9-7-14)47(42,43)33-26-23(40)22(39)25(18(12-36)44-26)46-27-24(41)21(38)20(37)17(11-35)45-27/h1-10,17-18,20-27,33,35-41H,11-12H2/t17-,18-,20-,21+,22-,23-,24-,25-,26?,27+/m1/s1. The van der Waals surface area contributed by atoms with E-state index in [9.17, 15) is 57.3 Å². The zero-order valence-corrected chi connectivity index (χ0v) is 24.9. The van der Waals surface area contributed by atoms with E-state index in [4.69, 9.17) is 14.2 Å². The van der Waals surface area contributed by atoms with Gasteiger partial charge in [0.05, 0.1) is 29.5 Å². The van der Waals surface area contributed by atoms with E-state index in [-0.39, 0.29) is 11.4 Å². The Morgan fingerprint density at radius 3 is 2.06 bits per heavy atom. The van der Waals surface area contributed by atoms with Gasteiger partial charge in [0.1, 0.15) is 48.8 Å². The predicted molar refractivity (Wildman–Crippen MR) is 151 cm³/mol. The van der Waals surface area contributed by atoms with Crippen molar-refractivity contribution in [3.8, 4) is 16.9 Å². The lowest BCUT2D eigenvalue weighted by atomic mass is 9.96.